The third kappa shape index (κ3) is 4.10. The van der Waals surface area contributed by atoms with Gasteiger partial charge in [0.05, 0.1) is 5.02 Å². The maximum Gasteiger partial charge on any atom is 0.344 e. The molecule has 1 aromatic heterocycles. The lowest BCUT2D eigenvalue weighted by atomic mass is 10.1. The van der Waals surface area contributed by atoms with Gasteiger partial charge in [-0.2, -0.15) is 0 Å². The highest BCUT2D eigenvalue weighted by Gasteiger charge is 2.24. The molecule has 0 saturated carbocycles. The maximum absolute atomic E-state index is 12.3. The minimum Gasteiger partial charge on any atom is -0.452 e. The van der Waals surface area contributed by atoms with Crippen molar-refractivity contribution in [3.05, 3.63) is 40.6 Å². The predicted molar refractivity (Wildman–Crippen MR) is 85.3 cm³/mol. The van der Waals surface area contributed by atoms with E-state index in [0.29, 0.717) is 28.6 Å². The molecule has 23 heavy (non-hydrogen) atoms. The Morgan fingerprint density at radius 2 is 2.09 bits per heavy atom. The molecule has 0 aliphatic heterocycles. The highest BCUT2D eigenvalue weighted by atomic mass is 35.5. The van der Waals surface area contributed by atoms with E-state index < -0.39 is 5.97 Å². The molecule has 7 heteroatoms. The van der Waals surface area contributed by atoms with Crippen LogP contribution in [0.15, 0.2) is 28.8 Å². The summed E-state index contributed by atoms with van der Waals surface area (Å²) in [7, 11) is 0. The van der Waals surface area contributed by atoms with Crippen molar-refractivity contribution in [3.63, 3.8) is 0 Å². The van der Waals surface area contributed by atoms with Crippen molar-refractivity contribution in [1.29, 1.82) is 0 Å². The third-order valence-corrected chi connectivity index (χ3v) is 3.43. The number of nitrogens with one attached hydrogen (secondary N) is 1. The molecular weight excluding hydrogens is 320 g/mol. The van der Waals surface area contributed by atoms with Gasteiger partial charge >= 0.3 is 5.97 Å². The van der Waals surface area contributed by atoms with E-state index in [1.807, 2.05) is 6.92 Å². The van der Waals surface area contributed by atoms with Gasteiger partial charge in [0.1, 0.15) is 17.0 Å². The van der Waals surface area contributed by atoms with Crippen LogP contribution in [0.3, 0.4) is 0 Å². The minimum absolute atomic E-state index is 0.168. The van der Waals surface area contributed by atoms with E-state index in [9.17, 15) is 9.59 Å². The van der Waals surface area contributed by atoms with E-state index in [1.165, 1.54) is 0 Å². The van der Waals surface area contributed by atoms with Gasteiger partial charge in [0.2, 0.25) is 0 Å². The summed E-state index contributed by atoms with van der Waals surface area (Å²) < 4.78 is 10.1. The first-order valence-corrected chi connectivity index (χ1v) is 7.57. The van der Waals surface area contributed by atoms with Crippen molar-refractivity contribution in [2.75, 3.05) is 13.2 Å². The van der Waals surface area contributed by atoms with Gasteiger partial charge in [-0.15, -0.1) is 0 Å². The van der Waals surface area contributed by atoms with Crippen molar-refractivity contribution in [2.45, 2.75) is 20.3 Å². The number of halogens is 1. The number of hydrogen-bond donors (Lipinski definition) is 1. The number of nitrogens with zero attached hydrogens (tertiary/aromatic N) is 1. The lowest BCUT2D eigenvalue weighted by molar-refractivity contribution is -0.124. The van der Waals surface area contributed by atoms with Crippen LogP contribution in [0.1, 0.15) is 29.5 Å². The number of aromatic nitrogens is 1. The number of amides is 1. The summed E-state index contributed by atoms with van der Waals surface area (Å²) in [6.07, 6.45) is 0.807. The molecule has 0 radical (unpaired) electrons. The van der Waals surface area contributed by atoms with Crippen LogP contribution in [0.4, 0.5) is 0 Å². The van der Waals surface area contributed by atoms with E-state index in [-0.39, 0.29) is 18.1 Å². The molecule has 1 N–H and O–H groups in total. The Labute approximate surface area is 138 Å². The predicted octanol–water partition coefficient (Wildman–Crippen LogP) is 2.99. The first-order chi connectivity index (χ1) is 11.0. The lowest BCUT2D eigenvalue weighted by Crippen LogP contribution is -2.29. The standard InChI is InChI=1S/C16H17ClN2O4/c1-3-8-18-13(20)9-22-16(21)14-10(2)23-19-15(14)11-6-4-5-7-12(11)17/h4-7H,3,8-9H2,1-2H3,(H,18,20). The fourth-order valence-corrected chi connectivity index (χ4v) is 2.19. The van der Waals surface area contributed by atoms with E-state index in [4.69, 9.17) is 20.9 Å². The van der Waals surface area contributed by atoms with Gasteiger partial charge in [-0.1, -0.05) is 41.9 Å². The molecular formula is C16H17ClN2O4. The number of hydrogen-bond acceptors (Lipinski definition) is 5. The first kappa shape index (κ1) is 17.0. The molecule has 0 aliphatic carbocycles. The monoisotopic (exact) mass is 336 g/mol. The largest absolute Gasteiger partial charge is 0.452 e. The van der Waals surface area contributed by atoms with Crippen LogP contribution in [0.2, 0.25) is 5.02 Å². The molecule has 0 fully saturated rings. The van der Waals surface area contributed by atoms with Crippen molar-refractivity contribution in [1.82, 2.24) is 10.5 Å². The summed E-state index contributed by atoms with van der Waals surface area (Å²) in [5.41, 5.74) is 1.03. The molecule has 0 aliphatic rings. The van der Waals surface area contributed by atoms with Gasteiger partial charge in [-0.3, -0.25) is 4.79 Å². The quantitative estimate of drug-likeness (QED) is 0.820. The molecule has 2 rings (SSSR count). The van der Waals surface area contributed by atoms with Crippen LogP contribution < -0.4 is 5.32 Å². The molecule has 1 amide bonds. The number of benzene rings is 1. The average molecular weight is 337 g/mol. The third-order valence-electron chi connectivity index (χ3n) is 3.10. The molecule has 0 unspecified atom stereocenters. The molecule has 6 nitrogen and oxygen atoms in total. The molecule has 0 atom stereocenters. The highest BCUT2D eigenvalue weighted by Crippen LogP contribution is 2.31. The van der Waals surface area contributed by atoms with Crippen molar-refractivity contribution < 1.29 is 18.8 Å². The minimum atomic E-state index is -0.676. The second-order valence-electron chi connectivity index (χ2n) is 4.87. The Morgan fingerprint density at radius 1 is 1.35 bits per heavy atom. The summed E-state index contributed by atoms with van der Waals surface area (Å²) in [5.74, 6) is -0.724. The number of carbonyl (C=O) groups excluding carboxylic acids is 2. The normalized spacial score (nSPS) is 10.4. The van der Waals surface area contributed by atoms with E-state index in [1.54, 1.807) is 31.2 Å². The van der Waals surface area contributed by atoms with Gasteiger partial charge in [0.25, 0.3) is 5.91 Å². The second kappa shape index (κ2) is 7.78. The van der Waals surface area contributed by atoms with Gasteiger partial charge < -0.3 is 14.6 Å². The van der Waals surface area contributed by atoms with E-state index >= 15 is 0 Å². The number of ether oxygens (including phenoxy) is 1. The summed E-state index contributed by atoms with van der Waals surface area (Å²) in [6.45, 7) is 3.71. The van der Waals surface area contributed by atoms with Crippen LogP contribution >= 0.6 is 11.6 Å². The topological polar surface area (TPSA) is 81.4 Å². The number of esters is 1. The highest BCUT2D eigenvalue weighted by molar-refractivity contribution is 6.33. The summed E-state index contributed by atoms with van der Waals surface area (Å²) in [5, 5.41) is 6.95. The Kier molecular flexibility index (Phi) is 5.76. The summed E-state index contributed by atoms with van der Waals surface area (Å²) in [6, 6.07) is 6.96. The molecule has 0 spiro atoms. The number of aryl methyl sites for hydroxylation is 1. The molecule has 1 heterocycles. The fourth-order valence-electron chi connectivity index (χ4n) is 1.97. The average Bonchev–Trinajstić information content (AvgIpc) is 2.92. The number of rotatable bonds is 6. The lowest BCUT2D eigenvalue weighted by Gasteiger charge is -2.06. The van der Waals surface area contributed by atoms with Crippen molar-refractivity contribution in [3.8, 4) is 11.3 Å². The maximum atomic E-state index is 12.3. The van der Waals surface area contributed by atoms with Crippen LogP contribution in [0.5, 0.6) is 0 Å². The summed E-state index contributed by atoms with van der Waals surface area (Å²) >= 11 is 6.13. The molecule has 2 aromatic rings. The zero-order chi connectivity index (χ0) is 16.8. The SMILES string of the molecule is CCCNC(=O)COC(=O)c1c(-c2ccccc2Cl)noc1C. The van der Waals surface area contributed by atoms with Crippen molar-refractivity contribution in [2.24, 2.45) is 0 Å². The van der Waals surface area contributed by atoms with E-state index in [0.717, 1.165) is 6.42 Å². The first-order valence-electron chi connectivity index (χ1n) is 7.19. The Bertz CT molecular complexity index is 712. The smallest absolute Gasteiger partial charge is 0.344 e. The number of carbonyl (C=O) groups is 2. The van der Waals surface area contributed by atoms with Gasteiger partial charge in [0.15, 0.2) is 6.61 Å². The van der Waals surface area contributed by atoms with Crippen LogP contribution in [0.25, 0.3) is 11.3 Å². The Balaban J connectivity index is 2.17. The fraction of sp³-hybridized carbons (Fsp3) is 0.312. The van der Waals surface area contributed by atoms with Crippen LogP contribution in [-0.4, -0.2) is 30.2 Å². The zero-order valence-corrected chi connectivity index (χ0v) is 13.6. The van der Waals surface area contributed by atoms with E-state index in [2.05, 4.69) is 10.5 Å². The van der Waals surface area contributed by atoms with Crippen LogP contribution in [0, 0.1) is 6.92 Å². The van der Waals surface area contributed by atoms with Gasteiger partial charge in [-0.25, -0.2) is 4.79 Å². The van der Waals surface area contributed by atoms with Crippen molar-refractivity contribution >= 4 is 23.5 Å². The molecule has 122 valence electrons. The summed E-state index contributed by atoms with van der Waals surface area (Å²) in [4.78, 5) is 23.8. The Morgan fingerprint density at radius 3 is 2.78 bits per heavy atom. The molecule has 0 bridgehead atoms. The second-order valence-corrected chi connectivity index (χ2v) is 5.28. The van der Waals surface area contributed by atoms with Gasteiger partial charge in [-0.05, 0) is 19.4 Å². The van der Waals surface area contributed by atoms with Crippen LogP contribution in [-0.2, 0) is 9.53 Å². The Hall–Kier alpha value is -2.34. The molecule has 1 aromatic carbocycles. The van der Waals surface area contributed by atoms with Gasteiger partial charge in [0, 0.05) is 12.1 Å². The zero-order valence-electron chi connectivity index (χ0n) is 12.9. The molecule has 0 saturated heterocycles.